The molecule has 1 amide bonds. The number of carbonyl (C=O) groups excluding carboxylic acids is 1. The molecule has 0 aliphatic heterocycles. The minimum atomic E-state index is -0.379. The van der Waals surface area contributed by atoms with Crippen LogP contribution in [0.2, 0.25) is 0 Å². The molecule has 0 saturated carbocycles. The summed E-state index contributed by atoms with van der Waals surface area (Å²) in [4.78, 5) is 29.0. The van der Waals surface area contributed by atoms with Crippen LogP contribution in [0.3, 0.4) is 0 Å². The summed E-state index contributed by atoms with van der Waals surface area (Å²) in [6, 6.07) is 8.23. The summed E-state index contributed by atoms with van der Waals surface area (Å²) < 4.78 is 0. The molecule has 126 valence electrons. The number of phenolic OH excluding ortho intramolecular Hbond substituents is 1. The lowest BCUT2D eigenvalue weighted by molar-refractivity contribution is 0.102. The van der Waals surface area contributed by atoms with E-state index in [0.29, 0.717) is 28.7 Å². The van der Waals surface area contributed by atoms with Crippen LogP contribution >= 0.6 is 0 Å². The van der Waals surface area contributed by atoms with Crippen LogP contribution in [0, 0.1) is 6.92 Å². The molecule has 2 heterocycles. The van der Waals surface area contributed by atoms with Crippen LogP contribution in [0.4, 0.5) is 11.6 Å². The van der Waals surface area contributed by atoms with Crippen molar-refractivity contribution in [2.45, 2.75) is 6.92 Å². The zero-order valence-electron chi connectivity index (χ0n) is 13.7. The number of carbonyl (C=O) groups is 1. The van der Waals surface area contributed by atoms with E-state index in [1.165, 1.54) is 12.4 Å². The molecule has 0 unspecified atom stereocenters. The van der Waals surface area contributed by atoms with Gasteiger partial charge >= 0.3 is 0 Å². The number of aromatic nitrogens is 4. The van der Waals surface area contributed by atoms with Crippen molar-refractivity contribution in [2.75, 3.05) is 17.7 Å². The Morgan fingerprint density at radius 3 is 2.56 bits per heavy atom. The second-order valence-corrected chi connectivity index (χ2v) is 5.27. The smallest absolute Gasteiger partial charge is 0.274 e. The number of aromatic hydroxyl groups is 1. The van der Waals surface area contributed by atoms with Crippen molar-refractivity contribution in [3.8, 4) is 17.1 Å². The van der Waals surface area contributed by atoms with Gasteiger partial charge in [-0.15, -0.1) is 0 Å². The van der Waals surface area contributed by atoms with Crippen LogP contribution in [0.5, 0.6) is 5.75 Å². The van der Waals surface area contributed by atoms with E-state index in [2.05, 4.69) is 30.6 Å². The second kappa shape index (κ2) is 6.91. The first-order valence-electron chi connectivity index (χ1n) is 7.51. The van der Waals surface area contributed by atoms with Gasteiger partial charge in [-0.2, -0.15) is 0 Å². The first-order chi connectivity index (χ1) is 12.0. The van der Waals surface area contributed by atoms with E-state index >= 15 is 0 Å². The van der Waals surface area contributed by atoms with E-state index in [9.17, 15) is 9.90 Å². The lowest BCUT2D eigenvalue weighted by Crippen LogP contribution is -2.16. The van der Waals surface area contributed by atoms with Crippen molar-refractivity contribution in [3.05, 3.63) is 54.1 Å². The Balaban J connectivity index is 1.77. The zero-order valence-corrected chi connectivity index (χ0v) is 13.7. The lowest BCUT2D eigenvalue weighted by atomic mass is 10.2. The number of amides is 1. The van der Waals surface area contributed by atoms with E-state index < -0.39 is 0 Å². The average Bonchev–Trinajstić information content (AvgIpc) is 2.61. The number of aryl methyl sites for hydroxylation is 1. The van der Waals surface area contributed by atoms with Gasteiger partial charge in [0.05, 0.1) is 18.1 Å². The standard InChI is InChI=1S/C17H16N6O2/c1-10-6-14(23-17(18-2)21-10)16(25)22-12-8-19-15(20-9-12)11-4-3-5-13(24)7-11/h3-9,24H,1-2H3,(H,22,25)(H,18,21,23). The third kappa shape index (κ3) is 3.86. The molecule has 25 heavy (non-hydrogen) atoms. The highest BCUT2D eigenvalue weighted by molar-refractivity contribution is 6.02. The summed E-state index contributed by atoms with van der Waals surface area (Å²) in [6.07, 6.45) is 2.99. The SMILES string of the molecule is CNc1nc(C)cc(C(=O)Nc2cnc(-c3cccc(O)c3)nc2)n1. The number of nitrogens with zero attached hydrogens (tertiary/aromatic N) is 4. The molecular weight excluding hydrogens is 320 g/mol. The highest BCUT2D eigenvalue weighted by atomic mass is 16.3. The molecule has 2 aromatic heterocycles. The second-order valence-electron chi connectivity index (χ2n) is 5.27. The number of hydrogen-bond donors (Lipinski definition) is 3. The molecule has 0 bridgehead atoms. The van der Waals surface area contributed by atoms with Crippen LogP contribution < -0.4 is 10.6 Å². The zero-order chi connectivity index (χ0) is 17.8. The molecule has 0 radical (unpaired) electrons. The van der Waals surface area contributed by atoms with Gasteiger partial charge in [0, 0.05) is 18.3 Å². The molecule has 0 fully saturated rings. The fraction of sp³-hybridized carbons (Fsp3) is 0.118. The lowest BCUT2D eigenvalue weighted by Gasteiger charge is -2.07. The first kappa shape index (κ1) is 16.3. The van der Waals surface area contributed by atoms with Gasteiger partial charge in [0.15, 0.2) is 5.82 Å². The van der Waals surface area contributed by atoms with Crippen molar-refractivity contribution in [2.24, 2.45) is 0 Å². The first-order valence-corrected chi connectivity index (χ1v) is 7.51. The van der Waals surface area contributed by atoms with E-state index in [1.807, 2.05) is 0 Å². The normalized spacial score (nSPS) is 10.3. The number of phenols is 1. The largest absolute Gasteiger partial charge is 0.508 e. The maximum atomic E-state index is 12.3. The number of nitrogens with one attached hydrogen (secondary N) is 2. The van der Waals surface area contributed by atoms with E-state index in [-0.39, 0.29) is 17.4 Å². The van der Waals surface area contributed by atoms with Crippen LogP contribution in [0.15, 0.2) is 42.7 Å². The van der Waals surface area contributed by atoms with Crippen LogP contribution in [-0.4, -0.2) is 38.0 Å². The van der Waals surface area contributed by atoms with Crippen LogP contribution in [-0.2, 0) is 0 Å². The van der Waals surface area contributed by atoms with Gasteiger partial charge in [-0.1, -0.05) is 12.1 Å². The Labute approximate surface area is 144 Å². The average molecular weight is 336 g/mol. The fourth-order valence-electron chi connectivity index (χ4n) is 2.18. The minimum Gasteiger partial charge on any atom is -0.508 e. The van der Waals surface area contributed by atoms with Gasteiger partial charge in [-0.3, -0.25) is 4.79 Å². The van der Waals surface area contributed by atoms with Crippen molar-refractivity contribution in [1.29, 1.82) is 0 Å². The number of anilines is 2. The van der Waals surface area contributed by atoms with E-state index in [4.69, 9.17) is 0 Å². The van der Waals surface area contributed by atoms with E-state index in [0.717, 1.165) is 0 Å². The maximum absolute atomic E-state index is 12.3. The molecule has 3 aromatic rings. The Morgan fingerprint density at radius 1 is 1.12 bits per heavy atom. The highest BCUT2D eigenvalue weighted by Gasteiger charge is 2.11. The molecule has 0 aliphatic carbocycles. The van der Waals surface area contributed by atoms with Crippen LogP contribution in [0.1, 0.15) is 16.2 Å². The summed E-state index contributed by atoms with van der Waals surface area (Å²) in [5.41, 5.74) is 2.05. The van der Waals surface area contributed by atoms with Crippen molar-refractivity contribution < 1.29 is 9.90 Å². The van der Waals surface area contributed by atoms with Gasteiger partial charge in [0.1, 0.15) is 11.4 Å². The molecule has 0 atom stereocenters. The Hall–Kier alpha value is -3.55. The molecule has 0 spiro atoms. The maximum Gasteiger partial charge on any atom is 0.274 e. The van der Waals surface area contributed by atoms with Crippen molar-refractivity contribution >= 4 is 17.5 Å². The van der Waals surface area contributed by atoms with Gasteiger partial charge in [0.25, 0.3) is 5.91 Å². The molecule has 1 aromatic carbocycles. The topological polar surface area (TPSA) is 113 Å². The van der Waals surface area contributed by atoms with Gasteiger partial charge < -0.3 is 15.7 Å². The molecule has 3 N–H and O–H groups in total. The predicted molar refractivity (Wildman–Crippen MR) is 93.4 cm³/mol. The molecule has 0 saturated heterocycles. The monoisotopic (exact) mass is 336 g/mol. The Kier molecular flexibility index (Phi) is 4.51. The third-order valence-electron chi connectivity index (χ3n) is 3.32. The molecule has 0 aliphatic rings. The van der Waals surface area contributed by atoms with E-state index in [1.54, 1.807) is 44.3 Å². The molecule has 8 heteroatoms. The van der Waals surface area contributed by atoms with Crippen LogP contribution in [0.25, 0.3) is 11.4 Å². The predicted octanol–water partition coefficient (Wildman–Crippen LogP) is 2.24. The molecule has 3 rings (SSSR count). The number of hydrogen-bond acceptors (Lipinski definition) is 7. The highest BCUT2D eigenvalue weighted by Crippen LogP contribution is 2.20. The summed E-state index contributed by atoms with van der Waals surface area (Å²) >= 11 is 0. The number of rotatable bonds is 4. The summed E-state index contributed by atoms with van der Waals surface area (Å²) in [5, 5.41) is 15.0. The third-order valence-corrected chi connectivity index (χ3v) is 3.32. The summed E-state index contributed by atoms with van der Waals surface area (Å²) in [7, 11) is 1.68. The molecular formula is C17H16N6O2. The summed E-state index contributed by atoms with van der Waals surface area (Å²) in [5.74, 6) is 0.582. The van der Waals surface area contributed by atoms with Gasteiger partial charge in [-0.25, -0.2) is 19.9 Å². The summed E-state index contributed by atoms with van der Waals surface area (Å²) in [6.45, 7) is 1.78. The Morgan fingerprint density at radius 2 is 1.88 bits per heavy atom. The van der Waals surface area contributed by atoms with Crippen molar-refractivity contribution in [1.82, 2.24) is 19.9 Å². The van der Waals surface area contributed by atoms with Gasteiger partial charge in [0.2, 0.25) is 5.95 Å². The fourth-order valence-corrected chi connectivity index (χ4v) is 2.18. The van der Waals surface area contributed by atoms with Gasteiger partial charge in [-0.05, 0) is 25.1 Å². The minimum absolute atomic E-state index is 0.137. The quantitative estimate of drug-likeness (QED) is 0.669. The molecule has 8 nitrogen and oxygen atoms in total. The number of benzene rings is 1. The Bertz CT molecular complexity index is 911. The van der Waals surface area contributed by atoms with Crippen molar-refractivity contribution in [3.63, 3.8) is 0 Å².